The van der Waals surface area contributed by atoms with E-state index in [9.17, 15) is 9.59 Å². The van der Waals surface area contributed by atoms with Crippen LogP contribution >= 0.6 is 0 Å². The molecule has 2 rings (SSSR count). The highest BCUT2D eigenvalue weighted by Crippen LogP contribution is 2.19. The van der Waals surface area contributed by atoms with Gasteiger partial charge in [0.25, 0.3) is 0 Å². The van der Waals surface area contributed by atoms with Gasteiger partial charge in [-0.15, -0.1) is 0 Å². The molecular formula is C34H46O8. The minimum atomic E-state index is -0.716. The van der Waals surface area contributed by atoms with Crippen LogP contribution in [0.25, 0.3) is 0 Å². The second-order valence-electron chi connectivity index (χ2n) is 11.9. The van der Waals surface area contributed by atoms with Gasteiger partial charge in [-0.05, 0) is 103 Å². The summed E-state index contributed by atoms with van der Waals surface area (Å²) in [6.07, 6.45) is 3.18. The van der Waals surface area contributed by atoms with E-state index in [-0.39, 0.29) is 0 Å². The minimum Gasteiger partial charge on any atom is -0.499 e. The maximum atomic E-state index is 11.8. The fourth-order valence-corrected chi connectivity index (χ4v) is 3.59. The second kappa shape index (κ2) is 16.5. The van der Waals surface area contributed by atoms with E-state index in [1.54, 1.807) is 65.8 Å². The molecule has 0 fully saturated rings. The molecule has 0 aliphatic heterocycles. The molecule has 0 aliphatic rings. The average Bonchev–Trinajstić information content (AvgIpc) is 2.87. The number of carbonyl (C=O) groups excluding carboxylic acids is 2. The molecule has 0 atom stereocenters. The number of hydrogen-bond acceptors (Lipinski definition) is 8. The van der Waals surface area contributed by atoms with Crippen molar-refractivity contribution >= 4 is 12.3 Å². The molecule has 0 unspecified atom stereocenters. The molecule has 2 aromatic rings. The number of ether oxygens (including phenoxy) is 6. The SMILES string of the molecule is C=C(CCC(=C)OCCCc1ccc(OC(=O)OC(C)(C)C)cc1)OCCCc1ccc(OC(=O)OC(C)(C)C)cc1. The first-order chi connectivity index (χ1) is 19.7. The molecule has 8 nitrogen and oxygen atoms in total. The highest BCUT2D eigenvalue weighted by Gasteiger charge is 2.19. The largest absolute Gasteiger partial charge is 0.514 e. The van der Waals surface area contributed by atoms with Gasteiger partial charge in [0.1, 0.15) is 22.7 Å². The quantitative estimate of drug-likeness (QED) is 0.0891. The van der Waals surface area contributed by atoms with Crippen LogP contribution in [0.1, 0.15) is 78.4 Å². The maximum Gasteiger partial charge on any atom is 0.514 e. The van der Waals surface area contributed by atoms with Gasteiger partial charge in [-0.25, -0.2) is 9.59 Å². The highest BCUT2D eigenvalue weighted by molar-refractivity contribution is 5.64. The smallest absolute Gasteiger partial charge is 0.499 e. The van der Waals surface area contributed by atoms with Crippen LogP contribution in [0, 0.1) is 0 Å². The lowest BCUT2D eigenvalue weighted by Crippen LogP contribution is -2.25. The monoisotopic (exact) mass is 582 g/mol. The second-order valence-corrected chi connectivity index (χ2v) is 11.9. The van der Waals surface area contributed by atoms with Crippen LogP contribution in [-0.4, -0.2) is 36.7 Å². The number of rotatable bonds is 15. The molecule has 230 valence electrons. The zero-order chi connectivity index (χ0) is 31.2. The Morgan fingerprint density at radius 3 is 1.24 bits per heavy atom. The molecule has 0 spiro atoms. The van der Waals surface area contributed by atoms with Gasteiger partial charge in [0.2, 0.25) is 0 Å². The number of aryl methyl sites for hydroxylation is 2. The van der Waals surface area contributed by atoms with Crippen molar-refractivity contribution in [3.8, 4) is 11.5 Å². The van der Waals surface area contributed by atoms with Gasteiger partial charge in [0, 0.05) is 12.8 Å². The van der Waals surface area contributed by atoms with E-state index >= 15 is 0 Å². The van der Waals surface area contributed by atoms with E-state index in [1.807, 2.05) is 24.3 Å². The molecule has 8 heteroatoms. The summed E-state index contributed by atoms with van der Waals surface area (Å²) >= 11 is 0. The molecule has 0 aromatic heterocycles. The summed E-state index contributed by atoms with van der Waals surface area (Å²) in [4.78, 5) is 23.5. The predicted molar refractivity (Wildman–Crippen MR) is 163 cm³/mol. The molecule has 0 radical (unpaired) electrons. The van der Waals surface area contributed by atoms with Gasteiger partial charge >= 0.3 is 12.3 Å². The standard InChI is InChI=1S/C34H46O8/c1-25(37-23-9-11-27-15-19-29(20-16-27)39-31(35)41-33(3,4)5)13-14-26(2)38-24-10-12-28-17-21-30(22-18-28)40-32(36)42-34(6,7)8/h15-22H,1-2,9-14,23-24H2,3-8H3. The Morgan fingerprint density at radius 2 is 0.929 bits per heavy atom. The zero-order valence-corrected chi connectivity index (χ0v) is 26.0. The van der Waals surface area contributed by atoms with Gasteiger partial charge in [0.15, 0.2) is 0 Å². The number of allylic oxidation sites excluding steroid dienone is 2. The summed E-state index contributed by atoms with van der Waals surface area (Å²) in [6.45, 7) is 19.8. The van der Waals surface area contributed by atoms with E-state index < -0.39 is 23.5 Å². The van der Waals surface area contributed by atoms with E-state index in [0.29, 0.717) is 49.1 Å². The molecule has 0 N–H and O–H groups in total. The van der Waals surface area contributed by atoms with Gasteiger partial charge in [-0.3, -0.25) is 0 Å². The lowest BCUT2D eigenvalue weighted by atomic mass is 10.1. The Kier molecular flexibility index (Phi) is 13.5. The first kappa shape index (κ1) is 34.3. The predicted octanol–water partition coefficient (Wildman–Crippen LogP) is 8.72. The van der Waals surface area contributed by atoms with Crippen LogP contribution in [0.2, 0.25) is 0 Å². The fourth-order valence-electron chi connectivity index (χ4n) is 3.59. The first-order valence-electron chi connectivity index (χ1n) is 14.3. The van der Waals surface area contributed by atoms with Crippen molar-refractivity contribution in [3.05, 3.63) is 84.3 Å². The third-order valence-corrected chi connectivity index (χ3v) is 5.54. The molecular weight excluding hydrogens is 536 g/mol. The van der Waals surface area contributed by atoms with Crippen LogP contribution < -0.4 is 9.47 Å². The Morgan fingerprint density at radius 1 is 0.595 bits per heavy atom. The van der Waals surface area contributed by atoms with Crippen LogP contribution in [0.3, 0.4) is 0 Å². The summed E-state index contributed by atoms with van der Waals surface area (Å²) in [5.74, 6) is 2.30. The Labute approximate surface area is 250 Å². The Hall–Kier alpha value is -3.94. The van der Waals surface area contributed by atoms with E-state index in [1.165, 1.54) is 0 Å². The van der Waals surface area contributed by atoms with Gasteiger partial charge < -0.3 is 28.4 Å². The molecule has 0 heterocycles. The first-order valence-corrected chi connectivity index (χ1v) is 14.3. The number of carbonyl (C=O) groups is 2. The molecule has 2 aromatic carbocycles. The number of hydrogen-bond donors (Lipinski definition) is 0. The van der Waals surface area contributed by atoms with Gasteiger partial charge in [-0.1, -0.05) is 37.4 Å². The average molecular weight is 583 g/mol. The van der Waals surface area contributed by atoms with E-state index in [2.05, 4.69) is 13.2 Å². The molecule has 0 amide bonds. The maximum absolute atomic E-state index is 11.8. The van der Waals surface area contributed by atoms with Crippen molar-refractivity contribution in [1.29, 1.82) is 0 Å². The summed E-state index contributed by atoms with van der Waals surface area (Å²) in [5.41, 5.74) is 1.04. The molecule has 0 saturated heterocycles. The van der Waals surface area contributed by atoms with Crippen molar-refractivity contribution in [3.63, 3.8) is 0 Å². The summed E-state index contributed by atoms with van der Waals surface area (Å²) < 4.78 is 32.2. The van der Waals surface area contributed by atoms with Gasteiger partial charge in [0.05, 0.1) is 24.7 Å². The van der Waals surface area contributed by atoms with Crippen molar-refractivity contribution in [2.45, 2.75) is 91.3 Å². The molecule has 0 aliphatic carbocycles. The summed E-state index contributed by atoms with van der Waals surface area (Å²) in [6, 6.07) is 14.7. The van der Waals surface area contributed by atoms with Crippen molar-refractivity contribution in [2.24, 2.45) is 0 Å². The van der Waals surface area contributed by atoms with Crippen LogP contribution in [0.15, 0.2) is 73.2 Å². The van der Waals surface area contributed by atoms with Crippen molar-refractivity contribution in [2.75, 3.05) is 13.2 Å². The normalized spacial score (nSPS) is 11.3. The fraction of sp³-hybridized carbons (Fsp3) is 0.471. The Balaban J connectivity index is 1.54. The minimum absolute atomic E-state index is 0.445. The highest BCUT2D eigenvalue weighted by atomic mass is 16.7. The lowest BCUT2D eigenvalue weighted by Gasteiger charge is -2.18. The third kappa shape index (κ3) is 15.7. The van der Waals surface area contributed by atoms with Crippen LogP contribution in [0.4, 0.5) is 9.59 Å². The topological polar surface area (TPSA) is 89.5 Å². The molecule has 0 saturated carbocycles. The van der Waals surface area contributed by atoms with E-state index in [4.69, 9.17) is 28.4 Å². The zero-order valence-electron chi connectivity index (χ0n) is 26.0. The molecule has 0 bridgehead atoms. The summed E-state index contributed by atoms with van der Waals surface area (Å²) in [5, 5.41) is 0. The molecule has 42 heavy (non-hydrogen) atoms. The van der Waals surface area contributed by atoms with E-state index in [0.717, 1.165) is 36.8 Å². The van der Waals surface area contributed by atoms with Crippen LogP contribution in [-0.2, 0) is 31.8 Å². The third-order valence-electron chi connectivity index (χ3n) is 5.54. The number of benzene rings is 2. The lowest BCUT2D eigenvalue weighted by molar-refractivity contribution is 0.0193. The Bertz CT molecular complexity index is 1060. The van der Waals surface area contributed by atoms with Crippen molar-refractivity contribution < 1.29 is 38.0 Å². The summed E-state index contributed by atoms with van der Waals surface area (Å²) in [7, 11) is 0. The van der Waals surface area contributed by atoms with Gasteiger partial charge in [-0.2, -0.15) is 0 Å². The van der Waals surface area contributed by atoms with Crippen molar-refractivity contribution in [1.82, 2.24) is 0 Å². The van der Waals surface area contributed by atoms with Crippen LogP contribution in [0.5, 0.6) is 11.5 Å².